The lowest BCUT2D eigenvalue weighted by Gasteiger charge is -2.27. The van der Waals surface area contributed by atoms with Gasteiger partial charge in [-0.15, -0.1) is 11.3 Å². The fourth-order valence-electron chi connectivity index (χ4n) is 9.55. The van der Waals surface area contributed by atoms with Gasteiger partial charge in [-0.3, -0.25) is 0 Å². The van der Waals surface area contributed by atoms with Crippen LogP contribution in [-0.2, 0) is 5.41 Å². The molecule has 0 amide bonds. The summed E-state index contributed by atoms with van der Waals surface area (Å²) in [6, 6.07) is 56.3. The third kappa shape index (κ3) is 3.94. The summed E-state index contributed by atoms with van der Waals surface area (Å²) >= 11 is 1.91. The minimum Gasteiger partial charge on any atom is -0.355 e. The highest BCUT2D eigenvalue weighted by atomic mass is 32.1. The Hall–Kier alpha value is -6.10. The van der Waals surface area contributed by atoms with Crippen molar-refractivity contribution in [3.05, 3.63) is 163 Å². The number of hydrogen-bond donors (Lipinski definition) is 1. The topological polar surface area (TPSA) is 17.0 Å². The Morgan fingerprint density at radius 1 is 0.547 bits per heavy atom. The second-order valence-corrected chi connectivity index (χ2v) is 16.2. The maximum atomic E-state index is 4.03. The van der Waals surface area contributed by atoms with Crippen molar-refractivity contribution >= 4 is 93.7 Å². The van der Waals surface area contributed by atoms with Crippen molar-refractivity contribution in [2.24, 2.45) is 0 Å². The first-order valence-electron chi connectivity index (χ1n) is 18.4. The lowest BCUT2D eigenvalue weighted by molar-refractivity contribution is 0.660. The fourth-order valence-corrected chi connectivity index (χ4v) is 10.8. The van der Waals surface area contributed by atoms with Crippen molar-refractivity contribution in [2.75, 3.05) is 5.32 Å². The van der Waals surface area contributed by atoms with Gasteiger partial charge >= 0.3 is 0 Å². The number of aromatic nitrogens is 1. The second-order valence-electron chi connectivity index (χ2n) is 15.2. The largest absolute Gasteiger partial charge is 0.355 e. The van der Waals surface area contributed by atoms with Crippen LogP contribution in [0.2, 0.25) is 0 Å². The van der Waals surface area contributed by atoms with Gasteiger partial charge in [0.25, 0.3) is 0 Å². The van der Waals surface area contributed by atoms with Crippen LogP contribution < -0.4 is 16.2 Å². The second kappa shape index (κ2) is 10.5. The van der Waals surface area contributed by atoms with Crippen LogP contribution in [0, 0.1) is 0 Å². The summed E-state index contributed by atoms with van der Waals surface area (Å²) in [7, 11) is 2.44. The van der Waals surface area contributed by atoms with Gasteiger partial charge in [-0.2, -0.15) is 0 Å². The molecule has 0 unspecified atom stereocenters. The van der Waals surface area contributed by atoms with E-state index in [1.807, 2.05) is 11.3 Å². The lowest BCUT2D eigenvalue weighted by atomic mass is 9.58. The molecule has 1 aliphatic carbocycles. The molecule has 247 valence electrons. The highest BCUT2D eigenvalue weighted by molar-refractivity contribution is 7.26. The number of para-hydroxylation sites is 1. The zero-order valence-corrected chi connectivity index (χ0v) is 30.2. The van der Waals surface area contributed by atoms with E-state index in [1.54, 1.807) is 0 Å². The van der Waals surface area contributed by atoms with E-state index >= 15 is 0 Å². The van der Waals surface area contributed by atoms with Gasteiger partial charge in [0.15, 0.2) is 7.28 Å². The Bertz CT molecular complexity index is 3220. The van der Waals surface area contributed by atoms with Gasteiger partial charge in [-0.25, -0.2) is 0 Å². The van der Waals surface area contributed by atoms with Crippen LogP contribution in [0.4, 0.5) is 11.4 Å². The average Bonchev–Trinajstić information content (AvgIpc) is 3.81. The highest BCUT2D eigenvalue weighted by Crippen LogP contribution is 2.50. The molecule has 10 aromatic rings. The minimum absolute atomic E-state index is 0.0791. The molecule has 2 aliphatic rings. The van der Waals surface area contributed by atoms with Gasteiger partial charge in [0.1, 0.15) is 0 Å². The number of nitrogens with zero attached hydrogens (tertiary/aromatic N) is 1. The molecule has 2 nitrogen and oxygen atoms in total. The molecule has 0 atom stereocenters. The molecule has 1 aliphatic heterocycles. The molecule has 3 heterocycles. The van der Waals surface area contributed by atoms with Gasteiger partial charge in [0, 0.05) is 54.1 Å². The van der Waals surface area contributed by atoms with E-state index in [1.165, 1.54) is 103 Å². The van der Waals surface area contributed by atoms with Gasteiger partial charge in [-0.05, 0) is 68.3 Å². The molecule has 12 rings (SSSR count). The van der Waals surface area contributed by atoms with E-state index < -0.39 is 0 Å². The van der Waals surface area contributed by atoms with E-state index in [9.17, 15) is 0 Å². The zero-order valence-electron chi connectivity index (χ0n) is 29.4. The zero-order chi connectivity index (χ0) is 35.0. The standard InChI is InChI=1S/C49H32BN2S/c1-49(2)39-19-9-7-16-33(39)34-25-23-30(27-40(34)49)51-44-31-14-5-3-12-28(31)22-24-35(44)38-26-29-13-4-6-15-32(29)46-43(38)50-41-20-11-18-37-45(41)52(46)47-36-17-8-10-21-42(36)53-48(37)47/h3-27,51H,1-2H3. The van der Waals surface area contributed by atoms with Crippen LogP contribution in [0.1, 0.15) is 25.0 Å². The summed E-state index contributed by atoms with van der Waals surface area (Å²) in [6.07, 6.45) is 0. The van der Waals surface area contributed by atoms with E-state index in [4.69, 9.17) is 0 Å². The van der Waals surface area contributed by atoms with Crippen molar-refractivity contribution in [3.63, 3.8) is 0 Å². The van der Waals surface area contributed by atoms with Crippen LogP contribution in [0.15, 0.2) is 152 Å². The molecule has 4 heteroatoms. The maximum Gasteiger partial charge on any atom is 0.197 e. The number of nitrogens with one attached hydrogen (secondary N) is 1. The third-order valence-electron chi connectivity index (χ3n) is 12.0. The molecular weight excluding hydrogens is 659 g/mol. The van der Waals surface area contributed by atoms with E-state index in [0.29, 0.717) is 0 Å². The maximum absolute atomic E-state index is 4.03. The molecule has 0 saturated heterocycles. The summed E-state index contributed by atoms with van der Waals surface area (Å²) in [4.78, 5) is 0. The Morgan fingerprint density at radius 3 is 2.17 bits per heavy atom. The van der Waals surface area contributed by atoms with Crippen molar-refractivity contribution in [1.82, 2.24) is 4.57 Å². The first kappa shape index (κ1) is 29.5. The van der Waals surface area contributed by atoms with E-state index in [-0.39, 0.29) is 5.41 Å². The number of hydrogen-bond acceptors (Lipinski definition) is 2. The summed E-state index contributed by atoms with van der Waals surface area (Å²) in [5.74, 6) is 0. The molecule has 2 aromatic heterocycles. The predicted molar refractivity (Wildman–Crippen MR) is 229 cm³/mol. The summed E-state index contributed by atoms with van der Waals surface area (Å²) in [5, 5.41) is 11.6. The van der Waals surface area contributed by atoms with Crippen LogP contribution in [0.5, 0.6) is 0 Å². The van der Waals surface area contributed by atoms with Crippen LogP contribution in [0.25, 0.3) is 80.7 Å². The van der Waals surface area contributed by atoms with Crippen molar-refractivity contribution < 1.29 is 0 Å². The number of rotatable bonds is 3. The molecule has 0 saturated carbocycles. The van der Waals surface area contributed by atoms with Crippen LogP contribution in [0.3, 0.4) is 0 Å². The Labute approximate surface area is 312 Å². The fraction of sp³-hybridized carbons (Fsp3) is 0.0612. The normalized spacial score (nSPS) is 13.8. The molecule has 0 bridgehead atoms. The third-order valence-corrected chi connectivity index (χ3v) is 13.2. The summed E-state index contributed by atoms with van der Waals surface area (Å²) in [6.45, 7) is 4.71. The quantitative estimate of drug-likeness (QED) is 0.183. The number of fused-ring (bicyclic) bond motifs is 13. The van der Waals surface area contributed by atoms with E-state index in [0.717, 1.165) is 11.4 Å². The Kier molecular flexibility index (Phi) is 5.84. The SMILES string of the molecule is CC1(C)c2ccccc2-c2ccc(Nc3c(-c4cc5ccccc5c5c4[B]c4cccc6c7sc8ccccc8c7n-5c46)ccc4ccccc34)cc21. The number of anilines is 2. The molecular formula is C49H32BN2S. The summed E-state index contributed by atoms with van der Waals surface area (Å²) < 4.78 is 5.27. The average molecular weight is 692 g/mol. The van der Waals surface area contributed by atoms with Crippen molar-refractivity contribution in [2.45, 2.75) is 19.3 Å². The first-order chi connectivity index (χ1) is 26.0. The number of thiophene rings is 1. The summed E-state index contributed by atoms with van der Waals surface area (Å²) in [5.41, 5.74) is 16.4. The molecule has 0 spiro atoms. The van der Waals surface area contributed by atoms with Gasteiger partial charge < -0.3 is 9.88 Å². The van der Waals surface area contributed by atoms with Crippen LogP contribution >= 0.6 is 11.3 Å². The predicted octanol–water partition coefficient (Wildman–Crippen LogP) is 12.0. The lowest BCUT2D eigenvalue weighted by Crippen LogP contribution is -2.37. The van der Waals surface area contributed by atoms with Gasteiger partial charge in [-0.1, -0.05) is 147 Å². The molecule has 53 heavy (non-hydrogen) atoms. The molecule has 8 aromatic carbocycles. The molecule has 1 N–H and O–H groups in total. The molecule has 1 radical (unpaired) electrons. The Balaban J connectivity index is 1.14. The van der Waals surface area contributed by atoms with Crippen molar-refractivity contribution in [3.8, 4) is 27.9 Å². The smallest absolute Gasteiger partial charge is 0.197 e. The Morgan fingerprint density at radius 2 is 1.26 bits per heavy atom. The van der Waals surface area contributed by atoms with Crippen LogP contribution in [-0.4, -0.2) is 11.8 Å². The first-order valence-corrected chi connectivity index (χ1v) is 19.3. The molecule has 0 fully saturated rings. The van der Waals surface area contributed by atoms with Crippen molar-refractivity contribution in [1.29, 1.82) is 0 Å². The number of benzene rings is 8. The van der Waals surface area contributed by atoms with E-state index in [2.05, 4.69) is 183 Å². The van der Waals surface area contributed by atoms with Gasteiger partial charge in [0.2, 0.25) is 0 Å². The highest BCUT2D eigenvalue weighted by Gasteiger charge is 2.35. The minimum atomic E-state index is -0.0791. The van der Waals surface area contributed by atoms with Gasteiger partial charge in [0.05, 0.1) is 15.9 Å². The monoisotopic (exact) mass is 691 g/mol.